The molecule has 0 bridgehead atoms. The number of rotatable bonds is 3. The Morgan fingerprint density at radius 3 is 2.64 bits per heavy atom. The molecule has 25 heavy (non-hydrogen) atoms. The maximum Gasteiger partial charge on any atom is 0.136 e. The van der Waals surface area contributed by atoms with Crippen LogP contribution in [0.5, 0.6) is 0 Å². The third-order valence-corrected chi connectivity index (χ3v) is 4.97. The maximum absolute atomic E-state index is 13.5. The first kappa shape index (κ1) is 15.9. The average Bonchev–Trinajstić information content (AvgIpc) is 2.62. The van der Waals surface area contributed by atoms with Crippen molar-refractivity contribution in [2.45, 2.75) is 19.8 Å². The molecule has 0 atom stereocenters. The van der Waals surface area contributed by atoms with Gasteiger partial charge in [0, 0.05) is 41.4 Å². The lowest BCUT2D eigenvalue weighted by atomic mass is 9.98. The van der Waals surface area contributed by atoms with E-state index in [9.17, 15) is 4.39 Å². The van der Waals surface area contributed by atoms with Crippen molar-refractivity contribution < 1.29 is 4.39 Å². The van der Waals surface area contributed by atoms with Crippen molar-refractivity contribution in [3.63, 3.8) is 0 Å². The quantitative estimate of drug-likeness (QED) is 0.699. The molecule has 0 unspecified atom stereocenters. The molecule has 4 heteroatoms. The Balaban J connectivity index is 1.71. The fraction of sp³-hybridized carbons (Fsp3) is 0.286. The number of halogens is 1. The molecule has 0 saturated carbocycles. The monoisotopic (exact) mass is 335 g/mol. The highest BCUT2D eigenvalue weighted by Crippen LogP contribution is 2.33. The Hall–Kier alpha value is -2.62. The number of piperidine rings is 1. The average molecular weight is 335 g/mol. The molecule has 4 rings (SSSR count). The number of nitrogens with one attached hydrogen (secondary N) is 1. The summed E-state index contributed by atoms with van der Waals surface area (Å²) in [5.74, 6) is 1.60. The fourth-order valence-electron chi connectivity index (χ4n) is 3.49. The zero-order valence-corrected chi connectivity index (χ0v) is 14.4. The molecule has 0 radical (unpaired) electrons. The van der Waals surface area contributed by atoms with E-state index >= 15 is 0 Å². The number of fused-ring (bicyclic) bond motifs is 1. The van der Waals surface area contributed by atoms with Gasteiger partial charge in [-0.2, -0.15) is 0 Å². The largest absolute Gasteiger partial charge is 0.356 e. The zero-order chi connectivity index (χ0) is 17.2. The number of nitrogens with zero attached hydrogens (tertiary/aromatic N) is 2. The lowest BCUT2D eigenvalue weighted by molar-refractivity contribution is 0.437. The maximum atomic E-state index is 13.5. The van der Waals surface area contributed by atoms with Crippen LogP contribution in [0.1, 0.15) is 19.8 Å². The first-order valence-corrected chi connectivity index (χ1v) is 8.86. The second-order valence-corrected chi connectivity index (χ2v) is 6.84. The molecule has 0 aliphatic carbocycles. The van der Waals surface area contributed by atoms with E-state index in [1.807, 2.05) is 30.5 Å². The van der Waals surface area contributed by atoms with Crippen molar-refractivity contribution in [1.29, 1.82) is 0 Å². The van der Waals surface area contributed by atoms with Crippen molar-refractivity contribution in [1.82, 2.24) is 4.98 Å². The van der Waals surface area contributed by atoms with E-state index in [0.29, 0.717) is 0 Å². The molecule has 1 fully saturated rings. The molecule has 0 amide bonds. The summed E-state index contributed by atoms with van der Waals surface area (Å²) in [4.78, 5) is 7.04. The number of hydrogen-bond acceptors (Lipinski definition) is 3. The van der Waals surface area contributed by atoms with Crippen molar-refractivity contribution >= 4 is 28.0 Å². The summed E-state index contributed by atoms with van der Waals surface area (Å²) in [5, 5.41) is 5.58. The number of benzene rings is 2. The van der Waals surface area contributed by atoms with Gasteiger partial charge in [-0.1, -0.05) is 25.1 Å². The molecule has 3 nitrogen and oxygen atoms in total. The van der Waals surface area contributed by atoms with Crippen molar-refractivity contribution in [2.24, 2.45) is 5.92 Å². The minimum atomic E-state index is -0.241. The SMILES string of the molecule is CC1CCN(c2nccc3c(Nc4cccc(F)c4)cccc23)CC1. The van der Waals surface area contributed by atoms with Crippen LogP contribution < -0.4 is 10.2 Å². The zero-order valence-electron chi connectivity index (χ0n) is 14.4. The first-order chi connectivity index (χ1) is 12.2. The van der Waals surface area contributed by atoms with Gasteiger partial charge in [-0.25, -0.2) is 9.37 Å². The van der Waals surface area contributed by atoms with E-state index in [1.54, 1.807) is 6.07 Å². The Bertz CT molecular complexity index is 885. The van der Waals surface area contributed by atoms with Gasteiger partial charge in [-0.05, 0) is 49.1 Å². The van der Waals surface area contributed by atoms with Crippen LogP contribution in [0.4, 0.5) is 21.6 Å². The Kier molecular flexibility index (Phi) is 4.26. The molecule has 1 aromatic heterocycles. The number of hydrogen-bond donors (Lipinski definition) is 1. The highest BCUT2D eigenvalue weighted by molar-refractivity contribution is 6.01. The van der Waals surface area contributed by atoms with Gasteiger partial charge < -0.3 is 10.2 Å². The molecular weight excluding hydrogens is 313 g/mol. The predicted molar refractivity (Wildman–Crippen MR) is 102 cm³/mol. The third-order valence-electron chi connectivity index (χ3n) is 4.97. The molecule has 0 spiro atoms. The summed E-state index contributed by atoms with van der Waals surface area (Å²) in [5.41, 5.74) is 1.72. The van der Waals surface area contributed by atoms with E-state index in [-0.39, 0.29) is 5.82 Å². The molecule has 2 heterocycles. The summed E-state index contributed by atoms with van der Waals surface area (Å²) in [6.45, 7) is 4.42. The minimum Gasteiger partial charge on any atom is -0.356 e. The highest BCUT2D eigenvalue weighted by Gasteiger charge is 2.19. The summed E-state index contributed by atoms with van der Waals surface area (Å²) in [6, 6.07) is 14.7. The van der Waals surface area contributed by atoms with Crippen LogP contribution in [-0.4, -0.2) is 18.1 Å². The van der Waals surface area contributed by atoms with Crippen LogP contribution in [0.2, 0.25) is 0 Å². The lowest BCUT2D eigenvalue weighted by Gasteiger charge is -2.32. The molecule has 2 aromatic carbocycles. The Labute approximate surface area is 147 Å². The topological polar surface area (TPSA) is 28.2 Å². The molecule has 1 aliphatic heterocycles. The number of pyridine rings is 1. The van der Waals surface area contributed by atoms with Crippen molar-refractivity contribution in [3.8, 4) is 0 Å². The standard InChI is InChI=1S/C21H22FN3/c1-15-9-12-25(13-10-15)21-19-6-3-7-20(18(19)8-11-23-21)24-17-5-2-4-16(22)14-17/h2-8,11,14-15,24H,9-10,12-13H2,1H3. The highest BCUT2D eigenvalue weighted by atomic mass is 19.1. The van der Waals surface area contributed by atoms with E-state index in [1.165, 1.54) is 25.0 Å². The van der Waals surface area contributed by atoms with Crippen LogP contribution in [-0.2, 0) is 0 Å². The van der Waals surface area contributed by atoms with Gasteiger partial charge in [0.15, 0.2) is 0 Å². The third kappa shape index (κ3) is 3.29. The molecular formula is C21H22FN3. The minimum absolute atomic E-state index is 0.241. The van der Waals surface area contributed by atoms with Gasteiger partial charge in [-0.15, -0.1) is 0 Å². The van der Waals surface area contributed by atoms with Gasteiger partial charge in [0.25, 0.3) is 0 Å². The van der Waals surface area contributed by atoms with E-state index < -0.39 is 0 Å². The summed E-state index contributed by atoms with van der Waals surface area (Å²) in [6.07, 6.45) is 4.28. The predicted octanol–water partition coefficient (Wildman–Crippen LogP) is 5.35. The van der Waals surface area contributed by atoms with E-state index in [0.717, 1.165) is 47.0 Å². The van der Waals surface area contributed by atoms with Crippen molar-refractivity contribution in [3.05, 3.63) is 60.5 Å². The van der Waals surface area contributed by atoms with Gasteiger partial charge in [0.1, 0.15) is 11.6 Å². The van der Waals surface area contributed by atoms with Crippen molar-refractivity contribution in [2.75, 3.05) is 23.3 Å². The molecule has 128 valence electrons. The van der Waals surface area contributed by atoms with Crippen LogP contribution in [0.25, 0.3) is 10.8 Å². The van der Waals surface area contributed by atoms with Gasteiger partial charge in [0.2, 0.25) is 0 Å². The normalized spacial score (nSPS) is 15.5. The fourth-order valence-corrected chi connectivity index (χ4v) is 3.49. The Morgan fingerprint density at radius 1 is 1.04 bits per heavy atom. The van der Waals surface area contributed by atoms with Gasteiger partial charge in [0.05, 0.1) is 0 Å². The number of anilines is 3. The van der Waals surface area contributed by atoms with Crippen LogP contribution in [0, 0.1) is 11.7 Å². The van der Waals surface area contributed by atoms with Crippen LogP contribution in [0.3, 0.4) is 0 Å². The van der Waals surface area contributed by atoms with Crippen LogP contribution >= 0.6 is 0 Å². The number of aromatic nitrogens is 1. The lowest BCUT2D eigenvalue weighted by Crippen LogP contribution is -2.33. The van der Waals surface area contributed by atoms with E-state index in [2.05, 4.69) is 28.2 Å². The second kappa shape index (κ2) is 6.71. The Morgan fingerprint density at radius 2 is 1.84 bits per heavy atom. The molecule has 1 aliphatic rings. The second-order valence-electron chi connectivity index (χ2n) is 6.84. The smallest absolute Gasteiger partial charge is 0.136 e. The summed E-state index contributed by atoms with van der Waals surface area (Å²) < 4.78 is 13.5. The first-order valence-electron chi connectivity index (χ1n) is 8.86. The van der Waals surface area contributed by atoms with Crippen LogP contribution in [0.15, 0.2) is 54.7 Å². The van der Waals surface area contributed by atoms with E-state index in [4.69, 9.17) is 0 Å². The van der Waals surface area contributed by atoms with Gasteiger partial charge in [-0.3, -0.25) is 0 Å². The summed E-state index contributed by atoms with van der Waals surface area (Å²) >= 11 is 0. The van der Waals surface area contributed by atoms with Gasteiger partial charge >= 0.3 is 0 Å². The molecule has 1 saturated heterocycles. The summed E-state index contributed by atoms with van der Waals surface area (Å²) in [7, 11) is 0. The molecule has 1 N–H and O–H groups in total. The molecule has 3 aromatic rings.